The van der Waals surface area contributed by atoms with Crippen LogP contribution in [0.5, 0.6) is 0 Å². The van der Waals surface area contributed by atoms with Gasteiger partial charge in [0.2, 0.25) is 0 Å². The molecular weight excluding hydrogens is 202 g/mol. The highest BCUT2D eigenvalue weighted by Gasteiger charge is 2.09. The predicted molar refractivity (Wildman–Crippen MR) is 66.4 cm³/mol. The lowest BCUT2D eigenvalue weighted by Gasteiger charge is -2.17. The minimum Gasteiger partial charge on any atom is -0.351 e. The van der Waals surface area contributed by atoms with Crippen molar-refractivity contribution >= 4 is 11.7 Å². The second kappa shape index (κ2) is 6.12. The molecule has 4 nitrogen and oxygen atoms in total. The molecule has 88 valence electrons. The number of carbonyl (C=O) groups is 1. The molecule has 0 aromatic heterocycles. The van der Waals surface area contributed by atoms with Gasteiger partial charge in [0.25, 0.3) is 0 Å². The van der Waals surface area contributed by atoms with Gasteiger partial charge in [0, 0.05) is 11.7 Å². The summed E-state index contributed by atoms with van der Waals surface area (Å²) < 4.78 is 0. The number of hydrogen-bond donors (Lipinski definition) is 3. The first-order valence-corrected chi connectivity index (χ1v) is 5.54. The van der Waals surface area contributed by atoms with E-state index in [0.717, 1.165) is 24.2 Å². The maximum atomic E-state index is 10.8. The molecule has 0 saturated carbocycles. The van der Waals surface area contributed by atoms with Gasteiger partial charge >= 0.3 is 6.03 Å². The first kappa shape index (κ1) is 12.5. The minimum atomic E-state index is -0.532. The van der Waals surface area contributed by atoms with Gasteiger partial charge in [0.05, 0.1) is 0 Å². The third-order valence-electron chi connectivity index (χ3n) is 2.39. The van der Waals surface area contributed by atoms with Crippen LogP contribution in [0.4, 0.5) is 10.5 Å². The number of rotatable bonds is 5. The van der Waals surface area contributed by atoms with Gasteiger partial charge in [-0.25, -0.2) is 4.79 Å². The van der Waals surface area contributed by atoms with Crippen LogP contribution in [0.3, 0.4) is 0 Å². The number of hydrogen-bond acceptors (Lipinski definition) is 2. The molecule has 0 aliphatic rings. The van der Waals surface area contributed by atoms with Gasteiger partial charge in [-0.2, -0.15) is 0 Å². The average molecular weight is 221 g/mol. The maximum absolute atomic E-state index is 10.8. The Morgan fingerprint density at radius 3 is 2.75 bits per heavy atom. The van der Waals surface area contributed by atoms with E-state index in [2.05, 4.69) is 24.5 Å². The zero-order valence-corrected chi connectivity index (χ0v) is 9.79. The largest absolute Gasteiger partial charge is 0.351 e. The summed E-state index contributed by atoms with van der Waals surface area (Å²) in [6, 6.07) is 7.33. The van der Waals surface area contributed by atoms with Crippen molar-refractivity contribution in [3.8, 4) is 0 Å². The van der Waals surface area contributed by atoms with Crippen molar-refractivity contribution in [2.24, 2.45) is 5.73 Å². The van der Waals surface area contributed by atoms with Gasteiger partial charge in [0.15, 0.2) is 0 Å². The van der Waals surface area contributed by atoms with Gasteiger partial charge in [-0.3, -0.25) is 0 Å². The molecule has 1 aromatic carbocycles. The van der Waals surface area contributed by atoms with Crippen molar-refractivity contribution in [2.75, 3.05) is 11.9 Å². The van der Waals surface area contributed by atoms with E-state index in [1.807, 2.05) is 24.3 Å². The second-order valence-corrected chi connectivity index (χ2v) is 3.75. The van der Waals surface area contributed by atoms with Crippen LogP contribution in [0.25, 0.3) is 0 Å². The Kier molecular flexibility index (Phi) is 4.79. The molecular formula is C12H19N3O. The summed E-state index contributed by atoms with van der Waals surface area (Å²) in [7, 11) is 0. The van der Waals surface area contributed by atoms with Crippen molar-refractivity contribution in [2.45, 2.75) is 26.3 Å². The van der Waals surface area contributed by atoms with Crippen LogP contribution in [0.1, 0.15) is 31.9 Å². The van der Waals surface area contributed by atoms with Gasteiger partial charge in [-0.05, 0) is 31.5 Å². The zero-order valence-electron chi connectivity index (χ0n) is 9.79. The minimum absolute atomic E-state index is 0.197. The van der Waals surface area contributed by atoms with Crippen molar-refractivity contribution in [3.05, 3.63) is 29.8 Å². The Morgan fingerprint density at radius 2 is 2.12 bits per heavy atom. The monoisotopic (exact) mass is 221 g/mol. The number of amides is 2. The number of primary amides is 1. The van der Waals surface area contributed by atoms with E-state index in [1.54, 1.807) is 0 Å². The molecule has 1 aromatic rings. The van der Waals surface area contributed by atoms with Gasteiger partial charge in [0.1, 0.15) is 0 Å². The highest BCUT2D eigenvalue weighted by molar-refractivity contribution is 5.88. The van der Waals surface area contributed by atoms with E-state index >= 15 is 0 Å². The molecule has 2 amide bonds. The van der Waals surface area contributed by atoms with E-state index in [1.165, 1.54) is 0 Å². The number of benzene rings is 1. The molecule has 0 aliphatic heterocycles. The fourth-order valence-corrected chi connectivity index (χ4v) is 1.59. The van der Waals surface area contributed by atoms with Crippen LogP contribution in [0.2, 0.25) is 0 Å². The van der Waals surface area contributed by atoms with Crippen LogP contribution in [-0.2, 0) is 0 Å². The quantitative estimate of drug-likeness (QED) is 0.713. The summed E-state index contributed by atoms with van der Waals surface area (Å²) in [6.45, 7) is 5.14. The molecule has 0 aliphatic carbocycles. The number of urea groups is 1. The number of anilines is 1. The second-order valence-electron chi connectivity index (χ2n) is 3.75. The van der Waals surface area contributed by atoms with Gasteiger partial charge in [-0.15, -0.1) is 0 Å². The molecule has 0 bridgehead atoms. The maximum Gasteiger partial charge on any atom is 0.316 e. The Hall–Kier alpha value is -1.55. The molecule has 1 unspecified atom stereocenters. The van der Waals surface area contributed by atoms with E-state index < -0.39 is 6.03 Å². The van der Waals surface area contributed by atoms with Crippen LogP contribution < -0.4 is 16.4 Å². The fourth-order valence-electron chi connectivity index (χ4n) is 1.59. The molecule has 1 atom stereocenters. The molecule has 4 heteroatoms. The molecule has 4 N–H and O–H groups in total. The van der Waals surface area contributed by atoms with E-state index in [-0.39, 0.29) is 6.04 Å². The Balaban J connectivity index is 2.80. The predicted octanol–water partition coefficient (Wildman–Crippen LogP) is 2.24. The Labute approximate surface area is 96.2 Å². The van der Waals surface area contributed by atoms with E-state index in [9.17, 15) is 4.79 Å². The van der Waals surface area contributed by atoms with Crippen molar-refractivity contribution in [1.29, 1.82) is 0 Å². The van der Waals surface area contributed by atoms with Gasteiger partial charge < -0.3 is 16.4 Å². The molecule has 1 rings (SSSR count). The standard InChI is InChI=1S/C12H19N3O/c1-3-8-14-9(2)10-6-4-5-7-11(10)15-12(13)16/h4-7,9,14H,3,8H2,1-2H3,(H3,13,15,16). The van der Waals surface area contributed by atoms with Crippen LogP contribution in [0, 0.1) is 0 Å². The summed E-state index contributed by atoms with van der Waals surface area (Å²) in [5.74, 6) is 0. The lowest BCUT2D eigenvalue weighted by atomic mass is 10.1. The van der Waals surface area contributed by atoms with E-state index in [0.29, 0.717) is 0 Å². The van der Waals surface area contributed by atoms with Crippen LogP contribution in [0.15, 0.2) is 24.3 Å². The topological polar surface area (TPSA) is 67.2 Å². The van der Waals surface area contributed by atoms with Crippen LogP contribution in [-0.4, -0.2) is 12.6 Å². The molecule has 0 radical (unpaired) electrons. The number of nitrogens with one attached hydrogen (secondary N) is 2. The SMILES string of the molecule is CCCNC(C)c1ccccc1NC(N)=O. The molecule has 0 fully saturated rings. The van der Waals surface area contributed by atoms with Crippen molar-refractivity contribution < 1.29 is 4.79 Å². The molecule has 0 spiro atoms. The summed E-state index contributed by atoms with van der Waals surface area (Å²) in [6.07, 6.45) is 1.08. The summed E-state index contributed by atoms with van der Waals surface area (Å²) in [4.78, 5) is 10.8. The number of carbonyl (C=O) groups excluding carboxylic acids is 1. The lowest BCUT2D eigenvalue weighted by molar-refractivity contribution is 0.259. The highest BCUT2D eigenvalue weighted by atomic mass is 16.2. The Morgan fingerprint density at radius 1 is 1.44 bits per heavy atom. The highest BCUT2D eigenvalue weighted by Crippen LogP contribution is 2.22. The summed E-state index contributed by atoms with van der Waals surface area (Å²) in [5, 5.41) is 6.00. The number of para-hydroxylation sites is 1. The first-order valence-electron chi connectivity index (χ1n) is 5.54. The molecule has 16 heavy (non-hydrogen) atoms. The van der Waals surface area contributed by atoms with Crippen LogP contribution >= 0.6 is 0 Å². The smallest absolute Gasteiger partial charge is 0.316 e. The van der Waals surface area contributed by atoms with E-state index in [4.69, 9.17) is 5.73 Å². The third-order valence-corrected chi connectivity index (χ3v) is 2.39. The van der Waals surface area contributed by atoms with Crippen molar-refractivity contribution in [1.82, 2.24) is 5.32 Å². The zero-order chi connectivity index (χ0) is 12.0. The normalized spacial score (nSPS) is 12.1. The fraction of sp³-hybridized carbons (Fsp3) is 0.417. The summed E-state index contributed by atoms with van der Waals surface area (Å²) >= 11 is 0. The third kappa shape index (κ3) is 3.55. The van der Waals surface area contributed by atoms with Crippen molar-refractivity contribution in [3.63, 3.8) is 0 Å². The molecule has 0 saturated heterocycles. The van der Waals surface area contributed by atoms with Gasteiger partial charge in [-0.1, -0.05) is 25.1 Å². The Bertz CT molecular complexity index is 352. The average Bonchev–Trinajstić information content (AvgIpc) is 2.26. The molecule has 0 heterocycles. The first-order chi connectivity index (χ1) is 7.65. The summed E-state index contributed by atoms with van der Waals surface area (Å²) in [5.41, 5.74) is 6.94. The lowest BCUT2D eigenvalue weighted by Crippen LogP contribution is -2.24. The number of nitrogens with two attached hydrogens (primary N) is 1.